The SMILES string of the molecule is CCNCCN(C)CC1CCCN(C)C1. The van der Waals surface area contributed by atoms with E-state index in [1.165, 1.54) is 39.0 Å². The van der Waals surface area contributed by atoms with Gasteiger partial charge in [0.1, 0.15) is 0 Å². The van der Waals surface area contributed by atoms with E-state index in [-0.39, 0.29) is 0 Å². The fraction of sp³-hybridized carbons (Fsp3) is 1.00. The molecule has 1 aliphatic heterocycles. The molecule has 1 aliphatic rings. The van der Waals surface area contributed by atoms with E-state index in [0.29, 0.717) is 0 Å². The van der Waals surface area contributed by atoms with Crippen molar-refractivity contribution in [3.05, 3.63) is 0 Å². The topological polar surface area (TPSA) is 18.5 Å². The van der Waals surface area contributed by atoms with Crippen LogP contribution in [-0.4, -0.2) is 63.2 Å². The van der Waals surface area contributed by atoms with E-state index < -0.39 is 0 Å². The van der Waals surface area contributed by atoms with Gasteiger partial charge in [-0.15, -0.1) is 0 Å². The molecule has 1 saturated heterocycles. The molecule has 1 unspecified atom stereocenters. The van der Waals surface area contributed by atoms with E-state index in [1.54, 1.807) is 0 Å². The molecular formula is C12H27N3. The van der Waals surface area contributed by atoms with Crippen LogP contribution in [0.1, 0.15) is 19.8 Å². The summed E-state index contributed by atoms with van der Waals surface area (Å²) < 4.78 is 0. The van der Waals surface area contributed by atoms with Crippen LogP contribution in [0.3, 0.4) is 0 Å². The van der Waals surface area contributed by atoms with Gasteiger partial charge in [0.05, 0.1) is 0 Å². The van der Waals surface area contributed by atoms with E-state index >= 15 is 0 Å². The zero-order valence-corrected chi connectivity index (χ0v) is 10.6. The van der Waals surface area contributed by atoms with Crippen LogP contribution in [0.5, 0.6) is 0 Å². The predicted molar refractivity (Wildman–Crippen MR) is 66.3 cm³/mol. The molecule has 0 aromatic carbocycles. The summed E-state index contributed by atoms with van der Waals surface area (Å²) in [5.74, 6) is 0.885. The molecule has 0 radical (unpaired) electrons. The molecule has 1 atom stereocenters. The van der Waals surface area contributed by atoms with Crippen LogP contribution in [0, 0.1) is 5.92 Å². The maximum absolute atomic E-state index is 3.37. The second-order valence-electron chi connectivity index (χ2n) is 4.89. The second-order valence-corrected chi connectivity index (χ2v) is 4.89. The number of nitrogens with zero attached hydrogens (tertiary/aromatic N) is 2. The predicted octanol–water partition coefficient (Wildman–Crippen LogP) is 0.870. The molecule has 0 spiro atoms. The second kappa shape index (κ2) is 7.20. The van der Waals surface area contributed by atoms with Gasteiger partial charge < -0.3 is 15.1 Å². The number of piperidine rings is 1. The van der Waals surface area contributed by atoms with Gasteiger partial charge in [0, 0.05) is 26.2 Å². The zero-order valence-electron chi connectivity index (χ0n) is 10.6. The largest absolute Gasteiger partial charge is 0.316 e. The number of hydrogen-bond acceptors (Lipinski definition) is 3. The summed E-state index contributed by atoms with van der Waals surface area (Å²) in [6.45, 7) is 9.37. The quantitative estimate of drug-likeness (QED) is 0.661. The van der Waals surface area contributed by atoms with Gasteiger partial charge in [-0.2, -0.15) is 0 Å². The van der Waals surface area contributed by atoms with Crippen molar-refractivity contribution in [2.75, 3.05) is 53.4 Å². The molecular weight excluding hydrogens is 186 g/mol. The summed E-state index contributed by atoms with van der Waals surface area (Å²) in [5.41, 5.74) is 0. The van der Waals surface area contributed by atoms with Gasteiger partial charge in [0.2, 0.25) is 0 Å². The first-order chi connectivity index (χ1) is 7.22. The summed E-state index contributed by atoms with van der Waals surface area (Å²) >= 11 is 0. The van der Waals surface area contributed by atoms with Crippen molar-refractivity contribution in [1.29, 1.82) is 0 Å². The van der Waals surface area contributed by atoms with E-state index in [9.17, 15) is 0 Å². The van der Waals surface area contributed by atoms with Gasteiger partial charge >= 0.3 is 0 Å². The van der Waals surface area contributed by atoms with Crippen LogP contribution in [0.4, 0.5) is 0 Å². The van der Waals surface area contributed by atoms with E-state index in [2.05, 4.69) is 36.1 Å². The van der Waals surface area contributed by atoms with E-state index in [4.69, 9.17) is 0 Å². The lowest BCUT2D eigenvalue weighted by atomic mass is 9.98. The van der Waals surface area contributed by atoms with Gasteiger partial charge in [0.15, 0.2) is 0 Å². The summed E-state index contributed by atoms with van der Waals surface area (Å²) in [7, 11) is 4.48. The molecule has 3 nitrogen and oxygen atoms in total. The molecule has 1 fully saturated rings. The highest BCUT2D eigenvalue weighted by Crippen LogP contribution is 2.15. The minimum atomic E-state index is 0.885. The van der Waals surface area contributed by atoms with Gasteiger partial charge in [-0.3, -0.25) is 0 Å². The number of likely N-dealkylation sites (N-methyl/N-ethyl adjacent to an activating group) is 2. The summed E-state index contributed by atoms with van der Waals surface area (Å²) in [5, 5.41) is 3.37. The minimum absolute atomic E-state index is 0.885. The first kappa shape index (κ1) is 12.9. The smallest absolute Gasteiger partial charge is 0.0104 e. The Morgan fingerprint density at radius 1 is 1.47 bits per heavy atom. The lowest BCUT2D eigenvalue weighted by Crippen LogP contribution is -2.39. The van der Waals surface area contributed by atoms with Crippen molar-refractivity contribution >= 4 is 0 Å². The van der Waals surface area contributed by atoms with Gasteiger partial charge in [-0.1, -0.05) is 6.92 Å². The lowest BCUT2D eigenvalue weighted by molar-refractivity contribution is 0.167. The number of rotatable bonds is 6. The molecule has 1 N–H and O–H groups in total. The third-order valence-corrected chi connectivity index (χ3v) is 3.21. The van der Waals surface area contributed by atoms with Crippen molar-refractivity contribution in [3.8, 4) is 0 Å². The van der Waals surface area contributed by atoms with Gasteiger partial charge in [0.25, 0.3) is 0 Å². The summed E-state index contributed by atoms with van der Waals surface area (Å²) in [6.07, 6.45) is 2.79. The summed E-state index contributed by atoms with van der Waals surface area (Å²) in [6, 6.07) is 0. The Morgan fingerprint density at radius 3 is 2.93 bits per heavy atom. The Bertz CT molecular complexity index is 161. The zero-order chi connectivity index (χ0) is 11.1. The first-order valence-electron chi connectivity index (χ1n) is 6.30. The highest BCUT2D eigenvalue weighted by Gasteiger charge is 2.18. The van der Waals surface area contributed by atoms with Gasteiger partial charge in [-0.05, 0) is 45.9 Å². The average Bonchev–Trinajstić information content (AvgIpc) is 2.18. The molecule has 15 heavy (non-hydrogen) atoms. The maximum atomic E-state index is 3.37. The number of nitrogens with one attached hydrogen (secondary N) is 1. The normalized spacial score (nSPS) is 23.6. The van der Waals surface area contributed by atoms with Crippen LogP contribution in [0.15, 0.2) is 0 Å². The fourth-order valence-corrected chi connectivity index (χ4v) is 2.40. The third-order valence-electron chi connectivity index (χ3n) is 3.21. The van der Waals surface area contributed by atoms with E-state index in [0.717, 1.165) is 19.0 Å². The van der Waals surface area contributed by atoms with Crippen molar-refractivity contribution in [3.63, 3.8) is 0 Å². The van der Waals surface area contributed by atoms with Gasteiger partial charge in [-0.25, -0.2) is 0 Å². The molecule has 90 valence electrons. The highest BCUT2D eigenvalue weighted by atomic mass is 15.1. The molecule has 0 amide bonds. The fourth-order valence-electron chi connectivity index (χ4n) is 2.40. The van der Waals surface area contributed by atoms with Crippen molar-refractivity contribution < 1.29 is 0 Å². The van der Waals surface area contributed by atoms with Crippen LogP contribution in [-0.2, 0) is 0 Å². The average molecular weight is 213 g/mol. The first-order valence-corrected chi connectivity index (χ1v) is 6.30. The molecule has 1 rings (SSSR count). The summed E-state index contributed by atoms with van der Waals surface area (Å²) in [4.78, 5) is 4.93. The number of likely N-dealkylation sites (tertiary alicyclic amines) is 1. The number of hydrogen-bond donors (Lipinski definition) is 1. The van der Waals surface area contributed by atoms with Crippen molar-refractivity contribution in [2.45, 2.75) is 19.8 Å². The third kappa shape index (κ3) is 5.50. The van der Waals surface area contributed by atoms with Crippen LogP contribution < -0.4 is 5.32 Å². The standard InChI is InChI=1S/C12H27N3/c1-4-13-7-9-15(3)11-12-6-5-8-14(2)10-12/h12-13H,4-11H2,1-3H3. The molecule has 1 heterocycles. The molecule has 0 aromatic rings. The Labute approximate surface area is 94.8 Å². The molecule has 0 bridgehead atoms. The Morgan fingerprint density at radius 2 is 2.27 bits per heavy atom. The molecule has 0 aliphatic carbocycles. The monoisotopic (exact) mass is 213 g/mol. The minimum Gasteiger partial charge on any atom is -0.316 e. The van der Waals surface area contributed by atoms with Crippen LogP contribution in [0.25, 0.3) is 0 Å². The lowest BCUT2D eigenvalue weighted by Gasteiger charge is -2.32. The van der Waals surface area contributed by atoms with E-state index in [1.807, 2.05) is 0 Å². The Kier molecular flexibility index (Phi) is 6.22. The van der Waals surface area contributed by atoms with Crippen LogP contribution in [0.2, 0.25) is 0 Å². The molecule has 0 aromatic heterocycles. The molecule has 3 heteroatoms. The Hall–Kier alpha value is -0.120. The molecule has 0 saturated carbocycles. The maximum Gasteiger partial charge on any atom is 0.0104 e. The van der Waals surface area contributed by atoms with Crippen molar-refractivity contribution in [1.82, 2.24) is 15.1 Å². The highest BCUT2D eigenvalue weighted by molar-refractivity contribution is 4.73. The van der Waals surface area contributed by atoms with Crippen LogP contribution >= 0.6 is 0 Å². The Balaban J connectivity index is 2.10. The van der Waals surface area contributed by atoms with Crippen molar-refractivity contribution in [2.24, 2.45) is 5.92 Å².